The van der Waals surface area contributed by atoms with Crippen molar-refractivity contribution in [2.75, 3.05) is 12.0 Å². The van der Waals surface area contributed by atoms with Crippen LogP contribution in [0.1, 0.15) is 22.3 Å². The van der Waals surface area contributed by atoms with E-state index in [0.717, 1.165) is 22.4 Å². The van der Waals surface area contributed by atoms with Crippen molar-refractivity contribution in [1.82, 2.24) is 0 Å². The first kappa shape index (κ1) is 24.6. The highest BCUT2D eigenvalue weighted by Crippen LogP contribution is 2.40. The van der Waals surface area contributed by atoms with Crippen molar-refractivity contribution in [2.24, 2.45) is 0 Å². The predicted molar refractivity (Wildman–Crippen MR) is 145 cm³/mol. The standard InChI is InChI=1S/C26H21Cl2NO3S2/c1-15-7-10-20(11-16(15)2)29-25(30)23(34-26(29)33)12-17-5-4-6-22(31-3)24(17)32-14-18-8-9-19(27)13-21(18)28/h4-13H,14H2,1-3H3/b23-12+. The van der Waals surface area contributed by atoms with Crippen molar-refractivity contribution in [2.45, 2.75) is 20.5 Å². The largest absolute Gasteiger partial charge is 0.493 e. The van der Waals surface area contributed by atoms with Gasteiger partial charge in [0.15, 0.2) is 15.8 Å². The van der Waals surface area contributed by atoms with Gasteiger partial charge in [-0.2, -0.15) is 0 Å². The van der Waals surface area contributed by atoms with Crippen LogP contribution in [0, 0.1) is 13.8 Å². The van der Waals surface area contributed by atoms with Gasteiger partial charge in [-0.05, 0) is 61.4 Å². The van der Waals surface area contributed by atoms with Gasteiger partial charge in [0.25, 0.3) is 5.91 Å². The fraction of sp³-hybridized carbons (Fsp3) is 0.154. The summed E-state index contributed by atoms with van der Waals surface area (Å²) in [5.74, 6) is 0.878. The summed E-state index contributed by atoms with van der Waals surface area (Å²) in [7, 11) is 1.57. The number of methoxy groups -OCH3 is 1. The number of halogens is 2. The lowest BCUT2D eigenvalue weighted by Crippen LogP contribution is -2.27. The third-order valence-electron chi connectivity index (χ3n) is 5.45. The van der Waals surface area contributed by atoms with Gasteiger partial charge in [0.2, 0.25) is 0 Å². The van der Waals surface area contributed by atoms with Crippen molar-refractivity contribution in [3.63, 3.8) is 0 Å². The number of benzene rings is 3. The van der Waals surface area contributed by atoms with E-state index >= 15 is 0 Å². The second kappa shape index (κ2) is 10.4. The van der Waals surface area contributed by atoms with E-state index in [4.69, 9.17) is 44.9 Å². The molecule has 174 valence electrons. The van der Waals surface area contributed by atoms with E-state index in [0.29, 0.717) is 36.3 Å². The van der Waals surface area contributed by atoms with Crippen molar-refractivity contribution in [1.29, 1.82) is 0 Å². The molecule has 0 saturated carbocycles. The van der Waals surface area contributed by atoms with E-state index in [2.05, 4.69) is 0 Å². The molecule has 1 fully saturated rings. The van der Waals surface area contributed by atoms with Crippen LogP contribution in [0.5, 0.6) is 11.5 Å². The Balaban J connectivity index is 1.65. The molecule has 4 rings (SSSR count). The Kier molecular flexibility index (Phi) is 7.53. The fourth-order valence-corrected chi connectivity index (χ4v) is 5.20. The Morgan fingerprint density at radius 2 is 1.85 bits per heavy atom. The summed E-state index contributed by atoms with van der Waals surface area (Å²) < 4.78 is 12.1. The molecule has 0 aliphatic carbocycles. The molecule has 1 amide bonds. The van der Waals surface area contributed by atoms with Gasteiger partial charge in [0.1, 0.15) is 6.61 Å². The van der Waals surface area contributed by atoms with Crippen LogP contribution in [0.15, 0.2) is 59.5 Å². The molecule has 0 bridgehead atoms. The zero-order valence-electron chi connectivity index (χ0n) is 18.7. The van der Waals surface area contributed by atoms with Crippen LogP contribution in [-0.4, -0.2) is 17.3 Å². The van der Waals surface area contributed by atoms with Gasteiger partial charge in [-0.25, -0.2) is 0 Å². The van der Waals surface area contributed by atoms with Crippen molar-refractivity contribution >= 4 is 69.2 Å². The highest BCUT2D eigenvalue weighted by atomic mass is 35.5. The number of amides is 1. The molecular weight excluding hydrogens is 509 g/mol. The van der Waals surface area contributed by atoms with Gasteiger partial charge in [-0.1, -0.05) is 71.4 Å². The molecule has 0 aromatic heterocycles. The molecule has 34 heavy (non-hydrogen) atoms. The van der Waals surface area contributed by atoms with Crippen LogP contribution < -0.4 is 14.4 Å². The lowest BCUT2D eigenvalue weighted by atomic mass is 10.1. The monoisotopic (exact) mass is 529 g/mol. The third-order valence-corrected chi connectivity index (χ3v) is 7.33. The lowest BCUT2D eigenvalue weighted by molar-refractivity contribution is -0.113. The maximum absolute atomic E-state index is 13.3. The first-order valence-electron chi connectivity index (χ1n) is 10.4. The van der Waals surface area contributed by atoms with E-state index < -0.39 is 0 Å². The number of aryl methyl sites for hydroxylation is 2. The molecule has 3 aromatic carbocycles. The average molecular weight is 530 g/mol. The topological polar surface area (TPSA) is 38.8 Å². The van der Waals surface area contributed by atoms with E-state index in [1.807, 2.05) is 50.2 Å². The molecule has 1 aliphatic heterocycles. The minimum atomic E-state index is -0.173. The Bertz CT molecular complexity index is 1320. The van der Waals surface area contributed by atoms with Gasteiger partial charge < -0.3 is 9.47 Å². The molecule has 1 saturated heterocycles. The first-order valence-corrected chi connectivity index (χ1v) is 12.4. The van der Waals surface area contributed by atoms with Crippen LogP contribution >= 0.6 is 47.2 Å². The van der Waals surface area contributed by atoms with Crippen molar-refractivity contribution < 1.29 is 14.3 Å². The summed E-state index contributed by atoms with van der Waals surface area (Å²) in [5, 5.41) is 1.07. The van der Waals surface area contributed by atoms with Gasteiger partial charge >= 0.3 is 0 Å². The maximum Gasteiger partial charge on any atom is 0.270 e. The van der Waals surface area contributed by atoms with E-state index in [1.165, 1.54) is 11.8 Å². The molecular formula is C26H21Cl2NO3S2. The summed E-state index contributed by atoms with van der Waals surface area (Å²) in [6, 6.07) is 16.6. The number of hydrogen-bond acceptors (Lipinski definition) is 5. The Morgan fingerprint density at radius 1 is 1.06 bits per heavy atom. The summed E-state index contributed by atoms with van der Waals surface area (Å²) in [6.07, 6.45) is 1.78. The Labute approximate surface area is 218 Å². The molecule has 1 aliphatic rings. The van der Waals surface area contributed by atoms with Crippen molar-refractivity contribution in [3.05, 3.63) is 91.8 Å². The minimum absolute atomic E-state index is 0.173. The number of carbonyl (C=O) groups excluding carboxylic acids is 1. The number of hydrogen-bond donors (Lipinski definition) is 0. The van der Waals surface area contributed by atoms with E-state index in [9.17, 15) is 4.79 Å². The predicted octanol–water partition coefficient (Wildman–Crippen LogP) is 7.60. The normalized spacial score (nSPS) is 14.7. The molecule has 0 radical (unpaired) electrons. The summed E-state index contributed by atoms with van der Waals surface area (Å²) in [5.41, 5.74) is 4.49. The highest BCUT2D eigenvalue weighted by molar-refractivity contribution is 8.27. The lowest BCUT2D eigenvalue weighted by Gasteiger charge is -2.16. The minimum Gasteiger partial charge on any atom is -0.493 e. The van der Waals surface area contributed by atoms with E-state index in [-0.39, 0.29) is 12.5 Å². The second-order valence-corrected chi connectivity index (χ2v) is 10.2. The van der Waals surface area contributed by atoms with Crippen LogP contribution in [0.25, 0.3) is 6.08 Å². The zero-order chi connectivity index (χ0) is 24.4. The number of nitrogens with zero attached hydrogens (tertiary/aromatic N) is 1. The number of anilines is 1. The fourth-order valence-electron chi connectivity index (χ4n) is 3.45. The third kappa shape index (κ3) is 5.10. The number of thioether (sulfide) groups is 1. The maximum atomic E-state index is 13.3. The molecule has 8 heteroatoms. The SMILES string of the molecule is COc1cccc(/C=C2/SC(=S)N(c3ccc(C)c(C)c3)C2=O)c1OCc1ccc(Cl)cc1Cl. The number of carbonyl (C=O) groups is 1. The number of rotatable bonds is 6. The molecule has 0 unspecified atom stereocenters. The Hall–Kier alpha value is -2.51. The van der Waals surface area contributed by atoms with Crippen LogP contribution in [0.4, 0.5) is 5.69 Å². The summed E-state index contributed by atoms with van der Waals surface area (Å²) >= 11 is 19.1. The zero-order valence-corrected chi connectivity index (χ0v) is 21.9. The van der Waals surface area contributed by atoms with Gasteiger partial charge in [-0.15, -0.1) is 0 Å². The van der Waals surface area contributed by atoms with E-state index in [1.54, 1.807) is 36.3 Å². The van der Waals surface area contributed by atoms with Crippen LogP contribution in [0.3, 0.4) is 0 Å². The Morgan fingerprint density at radius 3 is 2.56 bits per heavy atom. The molecule has 4 nitrogen and oxygen atoms in total. The molecule has 0 atom stereocenters. The van der Waals surface area contributed by atoms with Gasteiger partial charge in [0, 0.05) is 21.2 Å². The highest BCUT2D eigenvalue weighted by Gasteiger charge is 2.33. The molecule has 0 spiro atoms. The molecule has 0 N–H and O–H groups in total. The smallest absolute Gasteiger partial charge is 0.270 e. The first-order chi connectivity index (χ1) is 16.3. The number of thiocarbonyl (C=S) groups is 1. The van der Waals surface area contributed by atoms with Gasteiger partial charge in [0.05, 0.1) is 17.7 Å². The van der Waals surface area contributed by atoms with Gasteiger partial charge in [-0.3, -0.25) is 9.69 Å². The molecule has 3 aromatic rings. The van der Waals surface area contributed by atoms with Crippen molar-refractivity contribution in [3.8, 4) is 11.5 Å². The summed E-state index contributed by atoms with van der Waals surface area (Å²) in [4.78, 5) is 15.4. The molecule has 1 heterocycles. The number of ether oxygens (including phenoxy) is 2. The van der Waals surface area contributed by atoms with Crippen LogP contribution in [0.2, 0.25) is 10.0 Å². The second-order valence-electron chi connectivity index (χ2n) is 7.69. The summed E-state index contributed by atoms with van der Waals surface area (Å²) in [6.45, 7) is 4.25. The average Bonchev–Trinajstić information content (AvgIpc) is 3.08. The quantitative estimate of drug-likeness (QED) is 0.242. The number of para-hydroxylation sites is 1. The van der Waals surface area contributed by atoms with Crippen LogP contribution in [-0.2, 0) is 11.4 Å².